The summed E-state index contributed by atoms with van der Waals surface area (Å²) in [6.45, 7) is 1.59. The molecule has 0 aliphatic rings. The maximum absolute atomic E-state index is 12.6. The molecule has 138 valence electrons. The van der Waals surface area contributed by atoms with Crippen molar-refractivity contribution in [2.24, 2.45) is 0 Å². The van der Waals surface area contributed by atoms with Gasteiger partial charge in [0.25, 0.3) is 0 Å². The van der Waals surface area contributed by atoms with Crippen molar-refractivity contribution in [3.05, 3.63) is 54.1 Å². The Balaban J connectivity index is 1.81. The standard InChI is InChI=1S/C18H18F3N3O2/c1-12(25)23-14-5-7-15(8-6-14)24-17(26)9-10-22-16-4-2-3-13(11-16)18(19,20)21/h2-8,11,22H,9-10H2,1H3,(H,23,25)(H,24,26). The van der Waals surface area contributed by atoms with E-state index in [1.54, 1.807) is 24.3 Å². The SMILES string of the molecule is CC(=O)Nc1ccc(NC(=O)CCNc2cccc(C(F)(F)F)c2)cc1. The zero-order valence-corrected chi connectivity index (χ0v) is 14.0. The number of carbonyl (C=O) groups is 2. The summed E-state index contributed by atoms with van der Waals surface area (Å²) < 4.78 is 37.9. The molecule has 0 heterocycles. The van der Waals surface area contributed by atoms with Gasteiger partial charge in [-0.15, -0.1) is 0 Å². The van der Waals surface area contributed by atoms with Crippen LogP contribution in [0.1, 0.15) is 18.9 Å². The van der Waals surface area contributed by atoms with Crippen LogP contribution in [0.4, 0.5) is 30.2 Å². The number of amides is 2. The smallest absolute Gasteiger partial charge is 0.385 e. The average molecular weight is 365 g/mol. The molecule has 0 spiro atoms. The number of nitrogens with one attached hydrogen (secondary N) is 3. The second-order valence-electron chi connectivity index (χ2n) is 5.56. The lowest BCUT2D eigenvalue weighted by atomic mass is 10.2. The third kappa shape index (κ3) is 6.12. The maximum atomic E-state index is 12.6. The largest absolute Gasteiger partial charge is 0.416 e. The summed E-state index contributed by atoms with van der Waals surface area (Å²) in [6.07, 6.45) is -4.32. The van der Waals surface area contributed by atoms with Crippen LogP contribution in [0.3, 0.4) is 0 Å². The molecule has 0 aromatic heterocycles. The minimum atomic E-state index is -4.40. The Morgan fingerprint density at radius 2 is 1.54 bits per heavy atom. The van der Waals surface area contributed by atoms with E-state index in [-0.39, 0.29) is 24.8 Å². The van der Waals surface area contributed by atoms with E-state index in [0.717, 1.165) is 12.1 Å². The minimum absolute atomic E-state index is 0.0870. The summed E-state index contributed by atoms with van der Waals surface area (Å²) in [7, 11) is 0. The molecule has 3 N–H and O–H groups in total. The lowest BCUT2D eigenvalue weighted by molar-refractivity contribution is -0.137. The Morgan fingerprint density at radius 3 is 2.12 bits per heavy atom. The molecule has 26 heavy (non-hydrogen) atoms. The summed E-state index contributed by atoms with van der Waals surface area (Å²) in [5.41, 5.74) is 0.725. The van der Waals surface area contributed by atoms with Crippen molar-refractivity contribution in [3.63, 3.8) is 0 Å². The highest BCUT2D eigenvalue weighted by Crippen LogP contribution is 2.30. The Kier molecular flexibility index (Phi) is 6.21. The molecule has 0 fully saturated rings. The van der Waals surface area contributed by atoms with Crippen molar-refractivity contribution in [1.82, 2.24) is 0 Å². The van der Waals surface area contributed by atoms with Gasteiger partial charge in [0.05, 0.1) is 5.56 Å². The van der Waals surface area contributed by atoms with E-state index < -0.39 is 11.7 Å². The Hall–Kier alpha value is -3.03. The summed E-state index contributed by atoms with van der Waals surface area (Å²) in [5, 5.41) is 8.08. The number of halogens is 3. The quantitative estimate of drug-likeness (QED) is 0.722. The molecular weight excluding hydrogens is 347 g/mol. The first-order chi connectivity index (χ1) is 12.2. The van der Waals surface area contributed by atoms with Gasteiger partial charge < -0.3 is 16.0 Å². The lowest BCUT2D eigenvalue weighted by Gasteiger charge is -2.11. The fourth-order valence-corrected chi connectivity index (χ4v) is 2.19. The fraction of sp³-hybridized carbons (Fsp3) is 0.222. The highest BCUT2D eigenvalue weighted by atomic mass is 19.4. The van der Waals surface area contributed by atoms with Crippen molar-refractivity contribution < 1.29 is 22.8 Å². The van der Waals surface area contributed by atoms with Crippen molar-refractivity contribution >= 4 is 28.9 Å². The van der Waals surface area contributed by atoms with E-state index in [4.69, 9.17) is 0 Å². The number of hydrogen-bond donors (Lipinski definition) is 3. The van der Waals surface area contributed by atoms with Gasteiger partial charge in [-0.3, -0.25) is 9.59 Å². The van der Waals surface area contributed by atoms with E-state index in [0.29, 0.717) is 17.1 Å². The first kappa shape index (κ1) is 19.3. The molecule has 8 heteroatoms. The number of benzene rings is 2. The first-order valence-electron chi connectivity index (χ1n) is 7.83. The monoisotopic (exact) mass is 365 g/mol. The predicted molar refractivity (Wildman–Crippen MR) is 93.9 cm³/mol. The second-order valence-corrected chi connectivity index (χ2v) is 5.56. The van der Waals surface area contributed by atoms with Crippen LogP contribution in [0, 0.1) is 0 Å². The Labute approximate surface area is 148 Å². The van der Waals surface area contributed by atoms with Gasteiger partial charge in [0, 0.05) is 37.0 Å². The van der Waals surface area contributed by atoms with Crippen LogP contribution in [0.5, 0.6) is 0 Å². The van der Waals surface area contributed by atoms with Gasteiger partial charge in [-0.05, 0) is 42.5 Å². The molecule has 2 rings (SSSR count). The number of rotatable bonds is 6. The molecular formula is C18H18F3N3O2. The van der Waals surface area contributed by atoms with Crippen LogP contribution in [-0.2, 0) is 15.8 Å². The summed E-state index contributed by atoms with van der Waals surface area (Å²) in [6, 6.07) is 11.4. The van der Waals surface area contributed by atoms with Crippen LogP contribution in [0.2, 0.25) is 0 Å². The third-order valence-corrected chi connectivity index (χ3v) is 3.36. The van der Waals surface area contributed by atoms with Gasteiger partial charge in [0.15, 0.2) is 0 Å². The van der Waals surface area contributed by atoms with E-state index in [2.05, 4.69) is 16.0 Å². The van der Waals surface area contributed by atoms with Gasteiger partial charge in [0.2, 0.25) is 11.8 Å². The highest BCUT2D eigenvalue weighted by molar-refractivity contribution is 5.92. The number of carbonyl (C=O) groups excluding carboxylic acids is 2. The molecule has 0 aliphatic carbocycles. The number of alkyl halides is 3. The molecule has 0 bridgehead atoms. The summed E-state index contributed by atoms with van der Waals surface area (Å²) in [5.74, 6) is -0.473. The van der Waals surface area contributed by atoms with Gasteiger partial charge in [0.1, 0.15) is 0 Å². The van der Waals surface area contributed by atoms with Crippen molar-refractivity contribution in [2.75, 3.05) is 22.5 Å². The molecule has 0 saturated heterocycles. The summed E-state index contributed by atoms with van der Waals surface area (Å²) in [4.78, 5) is 22.8. The third-order valence-electron chi connectivity index (χ3n) is 3.36. The zero-order valence-electron chi connectivity index (χ0n) is 14.0. The second kappa shape index (κ2) is 8.37. The topological polar surface area (TPSA) is 70.2 Å². The molecule has 0 unspecified atom stereocenters. The van der Waals surface area contributed by atoms with Crippen molar-refractivity contribution in [3.8, 4) is 0 Å². The summed E-state index contributed by atoms with van der Waals surface area (Å²) >= 11 is 0. The van der Waals surface area contributed by atoms with Crippen LogP contribution >= 0.6 is 0 Å². The lowest BCUT2D eigenvalue weighted by Crippen LogP contribution is -2.16. The van der Waals surface area contributed by atoms with E-state index >= 15 is 0 Å². The van der Waals surface area contributed by atoms with Gasteiger partial charge >= 0.3 is 6.18 Å². The van der Waals surface area contributed by atoms with Gasteiger partial charge in [-0.25, -0.2) is 0 Å². The highest BCUT2D eigenvalue weighted by Gasteiger charge is 2.30. The molecule has 0 aliphatic heterocycles. The van der Waals surface area contributed by atoms with Crippen LogP contribution in [0.15, 0.2) is 48.5 Å². The fourth-order valence-electron chi connectivity index (χ4n) is 2.19. The first-order valence-corrected chi connectivity index (χ1v) is 7.83. The molecule has 5 nitrogen and oxygen atoms in total. The molecule has 0 saturated carbocycles. The minimum Gasteiger partial charge on any atom is -0.385 e. The number of anilines is 3. The molecule has 0 atom stereocenters. The van der Waals surface area contributed by atoms with Crippen LogP contribution in [-0.4, -0.2) is 18.4 Å². The Morgan fingerprint density at radius 1 is 0.923 bits per heavy atom. The molecule has 2 aromatic carbocycles. The normalized spacial score (nSPS) is 10.9. The number of hydrogen-bond acceptors (Lipinski definition) is 3. The van der Waals surface area contributed by atoms with Gasteiger partial charge in [-0.1, -0.05) is 6.07 Å². The Bertz CT molecular complexity index is 774. The van der Waals surface area contributed by atoms with Crippen molar-refractivity contribution in [2.45, 2.75) is 19.5 Å². The van der Waals surface area contributed by atoms with E-state index in [9.17, 15) is 22.8 Å². The van der Waals surface area contributed by atoms with E-state index in [1.165, 1.54) is 19.1 Å². The van der Waals surface area contributed by atoms with E-state index in [1.807, 2.05) is 0 Å². The van der Waals surface area contributed by atoms with Crippen LogP contribution in [0.25, 0.3) is 0 Å². The van der Waals surface area contributed by atoms with Crippen LogP contribution < -0.4 is 16.0 Å². The predicted octanol–water partition coefficient (Wildman–Crippen LogP) is 4.10. The average Bonchev–Trinajstić information content (AvgIpc) is 2.56. The molecule has 2 amide bonds. The van der Waals surface area contributed by atoms with Gasteiger partial charge in [-0.2, -0.15) is 13.2 Å². The zero-order chi connectivity index (χ0) is 19.2. The molecule has 2 aromatic rings. The van der Waals surface area contributed by atoms with Crippen molar-refractivity contribution in [1.29, 1.82) is 0 Å². The molecule has 0 radical (unpaired) electrons. The maximum Gasteiger partial charge on any atom is 0.416 e.